The van der Waals surface area contributed by atoms with Gasteiger partial charge in [0.2, 0.25) is 0 Å². The van der Waals surface area contributed by atoms with Gasteiger partial charge >= 0.3 is 0 Å². The van der Waals surface area contributed by atoms with E-state index in [1.54, 1.807) is 6.33 Å². The van der Waals surface area contributed by atoms with E-state index in [0.29, 0.717) is 17.9 Å². The van der Waals surface area contributed by atoms with Crippen molar-refractivity contribution in [3.63, 3.8) is 0 Å². The zero-order valence-electron chi connectivity index (χ0n) is 15.4. The highest BCUT2D eigenvalue weighted by molar-refractivity contribution is 5.87. The van der Waals surface area contributed by atoms with E-state index < -0.39 is 0 Å². The van der Waals surface area contributed by atoms with E-state index in [0.717, 1.165) is 22.1 Å². The number of imidazole rings is 1. The van der Waals surface area contributed by atoms with E-state index in [1.165, 1.54) is 23.0 Å². The van der Waals surface area contributed by atoms with E-state index in [2.05, 4.69) is 69.3 Å². The van der Waals surface area contributed by atoms with Crippen LogP contribution in [0.1, 0.15) is 11.1 Å². The molecular formula is C22H18N6. The van der Waals surface area contributed by atoms with Crippen molar-refractivity contribution in [1.29, 1.82) is 0 Å². The minimum atomic E-state index is 0.392. The SMILES string of the molecule is Cc1ccccc1-c1cc2cccnc2cc1Cn1cnc2c(N)ncnc21. The minimum Gasteiger partial charge on any atom is -0.382 e. The first-order chi connectivity index (χ1) is 13.7. The number of pyridine rings is 1. The van der Waals surface area contributed by atoms with Crippen molar-refractivity contribution in [2.75, 3.05) is 5.73 Å². The Hall–Kier alpha value is -3.80. The first-order valence-electron chi connectivity index (χ1n) is 9.05. The molecule has 5 aromatic rings. The number of fused-ring (bicyclic) bond motifs is 2. The van der Waals surface area contributed by atoms with Crippen molar-refractivity contribution in [3.05, 3.63) is 78.5 Å². The summed E-state index contributed by atoms with van der Waals surface area (Å²) in [4.78, 5) is 17.3. The molecule has 0 unspecified atom stereocenters. The summed E-state index contributed by atoms with van der Waals surface area (Å²) in [7, 11) is 0. The Morgan fingerprint density at radius 2 is 1.82 bits per heavy atom. The molecule has 0 saturated heterocycles. The summed E-state index contributed by atoms with van der Waals surface area (Å²) in [5, 5.41) is 1.12. The average Bonchev–Trinajstić information content (AvgIpc) is 3.12. The van der Waals surface area contributed by atoms with Crippen molar-refractivity contribution in [1.82, 2.24) is 24.5 Å². The minimum absolute atomic E-state index is 0.392. The second-order valence-corrected chi connectivity index (χ2v) is 6.82. The maximum Gasteiger partial charge on any atom is 0.165 e. The third kappa shape index (κ3) is 2.66. The molecule has 6 nitrogen and oxygen atoms in total. The van der Waals surface area contributed by atoms with Gasteiger partial charge in [-0.1, -0.05) is 30.3 Å². The van der Waals surface area contributed by atoms with Gasteiger partial charge in [0.15, 0.2) is 11.5 Å². The van der Waals surface area contributed by atoms with Gasteiger partial charge < -0.3 is 10.3 Å². The Bertz CT molecular complexity index is 1320. The Kier molecular flexibility index (Phi) is 3.76. The van der Waals surface area contributed by atoms with Crippen LogP contribution >= 0.6 is 0 Å². The molecule has 0 atom stereocenters. The van der Waals surface area contributed by atoms with Crippen LogP contribution in [0.25, 0.3) is 33.2 Å². The van der Waals surface area contributed by atoms with Crippen molar-refractivity contribution in [2.45, 2.75) is 13.5 Å². The molecule has 0 aliphatic rings. The summed E-state index contributed by atoms with van der Waals surface area (Å²) in [5.41, 5.74) is 13.0. The van der Waals surface area contributed by atoms with Crippen LogP contribution in [-0.4, -0.2) is 24.5 Å². The van der Waals surface area contributed by atoms with Crippen LogP contribution in [0.2, 0.25) is 0 Å². The van der Waals surface area contributed by atoms with Crippen molar-refractivity contribution >= 4 is 27.9 Å². The highest BCUT2D eigenvalue weighted by atomic mass is 15.1. The molecule has 28 heavy (non-hydrogen) atoms. The van der Waals surface area contributed by atoms with Gasteiger partial charge in [-0.05, 0) is 47.4 Å². The van der Waals surface area contributed by atoms with Crippen molar-refractivity contribution < 1.29 is 0 Å². The number of hydrogen-bond donors (Lipinski definition) is 1. The fraction of sp³-hybridized carbons (Fsp3) is 0.0909. The second-order valence-electron chi connectivity index (χ2n) is 6.82. The number of nitrogen functional groups attached to an aromatic ring is 1. The Balaban J connectivity index is 1.72. The highest BCUT2D eigenvalue weighted by Gasteiger charge is 2.13. The number of aryl methyl sites for hydroxylation is 1. The van der Waals surface area contributed by atoms with Crippen LogP contribution < -0.4 is 5.73 Å². The molecule has 0 amide bonds. The lowest BCUT2D eigenvalue weighted by Crippen LogP contribution is -2.03. The van der Waals surface area contributed by atoms with E-state index in [1.807, 2.05) is 16.8 Å². The number of aromatic nitrogens is 5. The summed E-state index contributed by atoms with van der Waals surface area (Å²) in [6.07, 6.45) is 5.06. The number of anilines is 1. The normalized spacial score (nSPS) is 11.3. The quantitative estimate of drug-likeness (QED) is 0.522. The zero-order valence-corrected chi connectivity index (χ0v) is 15.4. The molecule has 0 spiro atoms. The van der Waals surface area contributed by atoms with Crippen LogP contribution in [0.4, 0.5) is 5.82 Å². The van der Waals surface area contributed by atoms with E-state index in [-0.39, 0.29) is 0 Å². The van der Waals surface area contributed by atoms with Crippen LogP contribution in [-0.2, 0) is 6.54 Å². The maximum absolute atomic E-state index is 5.94. The molecule has 0 aliphatic heterocycles. The molecule has 136 valence electrons. The fourth-order valence-electron chi connectivity index (χ4n) is 3.62. The van der Waals surface area contributed by atoms with Crippen LogP contribution in [0, 0.1) is 6.92 Å². The summed E-state index contributed by atoms with van der Waals surface area (Å²) in [6, 6.07) is 16.8. The van der Waals surface area contributed by atoms with Crippen molar-refractivity contribution in [3.8, 4) is 11.1 Å². The largest absolute Gasteiger partial charge is 0.382 e. The molecule has 6 heteroatoms. The maximum atomic E-state index is 5.94. The first-order valence-corrected chi connectivity index (χ1v) is 9.05. The third-order valence-corrected chi connectivity index (χ3v) is 5.03. The van der Waals surface area contributed by atoms with Crippen molar-refractivity contribution in [2.24, 2.45) is 0 Å². The topological polar surface area (TPSA) is 82.5 Å². The molecule has 0 saturated carbocycles. The van der Waals surface area contributed by atoms with Gasteiger partial charge in [0.1, 0.15) is 11.8 Å². The molecule has 0 fully saturated rings. The number of nitrogens with two attached hydrogens (primary N) is 1. The van der Waals surface area contributed by atoms with Gasteiger partial charge in [-0.25, -0.2) is 15.0 Å². The molecule has 3 aromatic heterocycles. The standard InChI is InChI=1S/C22H18N6/c1-14-5-2-3-7-17(14)18-9-15-6-4-8-24-19(15)10-16(18)11-28-13-27-20-21(23)25-12-26-22(20)28/h2-10,12-13H,11H2,1H3,(H2,23,25,26). The zero-order chi connectivity index (χ0) is 19.1. The van der Waals surface area contributed by atoms with E-state index in [4.69, 9.17) is 5.73 Å². The molecule has 0 bridgehead atoms. The lowest BCUT2D eigenvalue weighted by Gasteiger charge is -2.14. The summed E-state index contributed by atoms with van der Waals surface area (Å²) in [5.74, 6) is 0.392. The van der Waals surface area contributed by atoms with Gasteiger partial charge in [-0.3, -0.25) is 4.98 Å². The summed E-state index contributed by atoms with van der Waals surface area (Å²) < 4.78 is 2.00. The summed E-state index contributed by atoms with van der Waals surface area (Å²) >= 11 is 0. The fourth-order valence-corrected chi connectivity index (χ4v) is 3.62. The molecule has 0 aliphatic carbocycles. The lowest BCUT2D eigenvalue weighted by molar-refractivity contribution is 0.815. The van der Waals surface area contributed by atoms with E-state index >= 15 is 0 Å². The highest BCUT2D eigenvalue weighted by Crippen LogP contribution is 2.31. The van der Waals surface area contributed by atoms with Crippen LogP contribution in [0.3, 0.4) is 0 Å². The molecule has 2 N–H and O–H groups in total. The number of benzene rings is 2. The first kappa shape index (κ1) is 16.4. The number of nitrogens with zero attached hydrogens (tertiary/aromatic N) is 5. The third-order valence-electron chi connectivity index (χ3n) is 5.03. The molecule has 2 aromatic carbocycles. The smallest absolute Gasteiger partial charge is 0.165 e. The van der Waals surface area contributed by atoms with Gasteiger partial charge in [-0.15, -0.1) is 0 Å². The monoisotopic (exact) mass is 366 g/mol. The number of hydrogen-bond acceptors (Lipinski definition) is 5. The summed E-state index contributed by atoms with van der Waals surface area (Å²) in [6.45, 7) is 2.75. The molecule has 5 rings (SSSR count). The van der Waals surface area contributed by atoms with Crippen LogP contribution in [0.5, 0.6) is 0 Å². The predicted octanol–water partition coefficient (Wildman–Crippen LogP) is 3.98. The Morgan fingerprint density at radius 3 is 2.71 bits per heavy atom. The number of rotatable bonds is 3. The molecular weight excluding hydrogens is 348 g/mol. The van der Waals surface area contributed by atoms with Crippen LogP contribution in [0.15, 0.2) is 67.4 Å². The van der Waals surface area contributed by atoms with Gasteiger partial charge in [0.25, 0.3) is 0 Å². The predicted molar refractivity (Wildman–Crippen MR) is 111 cm³/mol. The molecule has 0 radical (unpaired) electrons. The second kappa shape index (κ2) is 6.42. The molecule has 3 heterocycles. The van der Waals surface area contributed by atoms with Gasteiger partial charge in [-0.2, -0.15) is 0 Å². The Labute approximate surface area is 161 Å². The Morgan fingerprint density at radius 1 is 0.929 bits per heavy atom. The lowest BCUT2D eigenvalue weighted by atomic mass is 9.94. The van der Waals surface area contributed by atoms with Gasteiger partial charge in [0.05, 0.1) is 18.4 Å². The van der Waals surface area contributed by atoms with Gasteiger partial charge in [0, 0.05) is 11.6 Å². The average molecular weight is 366 g/mol. The van der Waals surface area contributed by atoms with E-state index in [9.17, 15) is 0 Å².